The van der Waals surface area contributed by atoms with Crippen molar-refractivity contribution < 1.29 is 14.6 Å². The van der Waals surface area contributed by atoms with Crippen molar-refractivity contribution in [2.75, 3.05) is 6.61 Å². The maximum atomic E-state index is 11.8. The van der Waals surface area contributed by atoms with Crippen molar-refractivity contribution >= 4 is 29.1 Å². The van der Waals surface area contributed by atoms with E-state index in [1.54, 1.807) is 18.2 Å². The Morgan fingerprint density at radius 2 is 2.05 bits per heavy atom. The van der Waals surface area contributed by atoms with Crippen LogP contribution in [0.1, 0.15) is 25.7 Å². The summed E-state index contributed by atoms with van der Waals surface area (Å²) in [6, 6.07) is 4.65. The summed E-state index contributed by atoms with van der Waals surface area (Å²) in [5.41, 5.74) is 0. The first-order valence-electron chi connectivity index (χ1n) is 6.61. The second-order valence-corrected chi connectivity index (χ2v) is 5.70. The molecule has 2 atom stereocenters. The molecule has 2 N–H and O–H groups in total. The lowest BCUT2D eigenvalue weighted by atomic mass is 9.92. The van der Waals surface area contributed by atoms with Crippen LogP contribution in [0.4, 0.5) is 0 Å². The summed E-state index contributed by atoms with van der Waals surface area (Å²) in [6.07, 6.45) is 3.11. The molecule has 0 unspecified atom stereocenters. The number of benzene rings is 1. The summed E-state index contributed by atoms with van der Waals surface area (Å²) in [7, 11) is 0. The van der Waals surface area contributed by atoms with Gasteiger partial charge in [0.2, 0.25) is 0 Å². The fraction of sp³-hybridized carbons (Fsp3) is 0.500. The van der Waals surface area contributed by atoms with E-state index >= 15 is 0 Å². The van der Waals surface area contributed by atoms with Gasteiger partial charge in [0.15, 0.2) is 6.61 Å². The summed E-state index contributed by atoms with van der Waals surface area (Å²) < 4.78 is 5.34. The number of carbonyl (C=O) groups is 1. The van der Waals surface area contributed by atoms with Crippen LogP contribution in [0.5, 0.6) is 5.75 Å². The number of aliphatic hydroxyl groups excluding tert-OH is 1. The number of hydrogen-bond acceptors (Lipinski definition) is 3. The lowest BCUT2D eigenvalue weighted by molar-refractivity contribution is -0.125. The highest BCUT2D eigenvalue weighted by molar-refractivity contribution is 6.42. The number of aliphatic hydroxyl groups is 1. The highest BCUT2D eigenvalue weighted by Crippen LogP contribution is 2.26. The number of carbonyl (C=O) groups excluding carboxylic acids is 1. The van der Waals surface area contributed by atoms with Crippen LogP contribution in [0.3, 0.4) is 0 Å². The number of ether oxygens (including phenoxy) is 1. The maximum absolute atomic E-state index is 11.8. The van der Waals surface area contributed by atoms with Gasteiger partial charge in [0.25, 0.3) is 5.91 Å². The van der Waals surface area contributed by atoms with Crippen LogP contribution in [0.15, 0.2) is 18.2 Å². The molecule has 0 radical (unpaired) electrons. The molecule has 1 saturated carbocycles. The van der Waals surface area contributed by atoms with Gasteiger partial charge in [0.05, 0.1) is 22.2 Å². The summed E-state index contributed by atoms with van der Waals surface area (Å²) >= 11 is 11.7. The average molecular weight is 318 g/mol. The first-order chi connectivity index (χ1) is 9.56. The molecule has 6 heteroatoms. The van der Waals surface area contributed by atoms with Crippen molar-refractivity contribution in [2.45, 2.75) is 37.8 Å². The van der Waals surface area contributed by atoms with E-state index in [0.29, 0.717) is 15.8 Å². The zero-order chi connectivity index (χ0) is 14.5. The van der Waals surface area contributed by atoms with Crippen LogP contribution in [-0.2, 0) is 4.79 Å². The molecule has 0 bridgehead atoms. The first-order valence-corrected chi connectivity index (χ1v) is 7.37. The van der Waals surface area contributed by atoms with Crippen molar-refractivity contribution in [1.82, 2.24) is 5.32 Å². The van der Waals surface area contributed by atoms with Crippen LogP contribution in [0, 0.1) is 0 Å². The van der Waals surface area contributed by atoms with Gasteiger partial charge in [-0.15, -0.1) is 0 Å². The molecule has 0 aromatic heterocycles. The van der Waals surface area contributed by atoms with Gasteiger partial charge >= 0.3 is 0 Å². The number of amides is 1. The monoisotopic (exact) mass is 317 g/mol. The Morgan fingerprint density at radius 3 is 2.75 bits per heavy atom. The molecule has 1 aromatic carbocycles. The van der Waals surface area contributed by atoms with E-state index in [2.05, 4.69) is 5.32 Å². The lowest BCUT2D eigenvalue weighted by Gasteiger charge is -2.28. The molecule has 2 rings (SSSR count). The summed E-state index contributed by atoms with van der Waals surface area (Å²) in [4.78, 5) is 11.8. The van der Waals surface area contributed by atoms with E-state index < -0.39 is 6.10 Å². The van der Waals surface area contributed by atoms with Crippen molar-refractivity contribution in [3.8, 4) is 5.75 Å². The Kier molecular flexibility index (Phi) is 5.52. The third kappa shape index (κ3) is 4.27. The van der Waals surface area contributed by atoms with Gasteiger partial charge in [-0.05, 0) is 25.0 Å². The van der Waals surface area contributed by atoms with Gasteiger partial charge in [-0.2, -0.15) is 0 Å². The van der Waals surface area contributed by atoms with Crippen molar-refractivity contribution in [3.05, 3.63) is 28.2 Å². The van der Waals surface area contributed by atoms with Crippen LogP contribution < -0.4 is 10.1 Å². The van der Waals surface area contributed by atoms with Crippen molar-refractivity contribution in [1.29, 1.82) is 0 Å². The minimum absolute atomic E-state index is 0.110. The van der Waals surface area contributed by atoms with Crippen molar-refractivity contribution in [2.24, 2.45) is 0 Å². The SMILES string of the molecule is O=C(COc1ccc(Cl)c(Cl)c1)N[C@H]1CCCC[C@@H]1O. The molecular weight excluding hydrogens is 301 g/mol. The van der Waals surface area contributed by atoms with Crippen LogP contribution in [0.25, 0.3) is 0 Å². The van der Waals surface area contributed by atoms with Crippen LogP contribution >= 0.6 is 23.2 Å². The van der Waals surface area contributed by atoms with E-state index in [0.717, 1.165) is 25.7 Å². The zero-order valence-electron chi connectivity index (χ0n) is 10.9. The highest BCUT2D eigenvalue weighted by atomic mass is 35.5. The Hall–Kier alpha value is -0.970. The normalized spacial score (nSPS) is 22.4. The van der Waals surface area contributed by atoms with Crippen LogP contribution in [0.2, 0.25) is 10.0 Å². The van der Waals surface area contributed by atoms with Gasteiger partial charge in [0, 0.05) is 6.07 Å². The second kappa shape index (κ2) is 7.16. The molecule has 0 heterocycles. The zero-order valence-corrected chi connectivity index (χ0v) is 12.5. The Bertz CT molecular complexity index is 481. The largest absolute Gasteiger partial charge is 0.484 e. The Labute approximate surface area is 128 Å². The van der Waals surface area contributed by atoms with Crippen LogP contribution in [-0.4, -0.2) is 29.8 Å². The minimum atomic E-state index is -0.460. The van der Waals surface area contributed by atoms with E-state index in [-0.39, 0.29) is 18.6 Å². The van der Waals surface area contributed by atoms with Gasteiger partial charge in [0.1, 0.15) is 5.75 Å². The van der Waals surface area contributed by atoms with Gasteiger partial charge in [-0.3, -0.25) is 4.79 Å². The molecule has 1 aliphatic carbocycles. The van der Waals surface area contributed by atoms with E-state index in [9.17, 15) is 9.90 Å². The standard InChI is InChI=1S/C14H17Cl2NO3/c15-10-6-5-9(7-11(10)16)20-8-14(19)17-12-3-1-2-4-13(12)18/h5-7,12-13,18H,1-4,8H2,(H,17,19)/t12-,13-/m0/s1. The number of hydrogen-bond donors (Lipinski definition) is 2. The first kappa shape index (κ1) is 15.4. The Balaban J connectivity index is 1.81. The van der Waals surface area contributed by atoms with Gasteiger partial charge in [-0.1, -0.05) is 36.0 Å². The summed E-state index contributed by atoms with van der Waals surface area (Å²) in [6.45, 7) is -0.110. The third-order valence-electron chi connectivity index (χ3n) is 3.34. The van der Waals surface area contributed by atoms with E-state index in [1.165, 1.54) is 0 Å². The molecule has 1 fully saturated rings. The third-order valence-corrected chi connectivity index (χ3v) is 4.08. The van der Waals surface area contributed by atoms with E-state index in [1.807, 2.05) is 0 Å². The van der Waals surface area contributed by atoms with Gasteiger partial charge in [-0.25, -0.2) is 0 Å². The minimum Gasteiger partial charge on any atom is -0.484 e. The predicted molar refractivity (Wildman–Crippen MR) is 78.4 cm³/mol. The predicted octanol–water partition coefficient (Wildman–Crippen LogP) is 2.79. The topological polar surface area (TPSA) is 58.6 Å². The Morgan fingerprint density at radius 1 is 1.30 bits per heavy atom. The van der Waals surface area contributed by atoms with Gasteiger partial charge < -0.3 is 15.2 Å². The molecule has 1 aliphatic rings. The summed E-state index contributed by atoms with van der Waals surface area (Å²) in [5, 5.41) is 13.4. The summed E-state index contributed by atoms with van der Waals surface area (Å²) in [5.74, 6) is 0.237. The molecule has 1 aromatic rings. The van der Waals surface area contributed by atoms with E-state index in [4.69, 9.17) is 27.9 Å². The molecule has 0 spiro atoms. The number of rotatable bonds is 4. The number of halogens is 2. The lowest BCUT2D eigenvalue weighted by Crippen LogP contribution is -2.46. The molecule has 110 valence electrons. The quantitative estimate of drug-likeness (QED) is 0.897. The molecule has 4 nitrogen and oxygen atoms in total. The number of nitrogens with one attached hydrogen (secondary N) is 1. The maximum Gasteiger partial charge on any atom is 0.258 e. The molecule has 0 saturated heterocycles. The van der Waals surface area contributed by atoms with Crippen molar-refractivity contribution in [3.63, 3.8) is 0 Å². The smallest absolute Gasteiger partial charge is 0.258 e. The second-order valence-electron chi connectivity index (χ2n) is 4.89. The molecule has 0 aliphatic heterocycles. The average Bonchev–Trinajstić information content (AvgIpc) is 2.43. The molecule has 1 amide bonds. The fourth-order valence-electron chi connectivity index (χ4n) is 2.24. The fourth-order valence-corrected chi connectivity index (χ4v) is 2.53. The molecule has 20 heavy (non-hydrogen) atoms. The highest BCUT2D eigenvalue weighted by Gasteiger charge is 2.24. The molecular formula is C14H17Cl2NO3.